The van der Waals surface area contributed by atoms with Crippen molar-refractivity contribution in [2.45, 2.75) is 13.5 Å². The second-order valence-electron chi connectivity index (χ2n) is 6.37. The highest BCUT2D eigenvalue weighted by Crippen LogP contribution is 2.31. The summed E-state index contributed by atoms with van der Waals surface area (Å²) in [6, 6.07) is 13.0. The fraction of sp³-hybridized carbons (Fsp3) is 0.190. The molecule has 0 atom stereocenters. The van der Waals surface area contributed by atoms with Gasteiger partial charge in [0, 0.05) is 22.7 Å². The van der Waals surface area contributed by atoms with Crippen molar-refractivity contribution in [1.29, 1.82) is 0 Å². The molecule has 8 heteroatoms. The minimum absolute atomic E-state index is 0.461. The maximum absolute atomic E-state index is 5.99. The Morgan fingerprint density at radius 1 is 1.03 bits per heavy atom. The number of rotatable bonds is 6. The molecule has 2 heterocycles. The van der Waals surface area contributed by atoms with E-state index < -0.39 is 0 Å². The van der Waals surface area contributed by atoms with Crippen LogP contribution in [0.1, 0.15) is 11.4 Å². The van der Waals surface area contributed by atoms with E-state index in [0.717, 1.165) is 22.6 Å². The van der Waals surface area contributed by atoms with Gasteiger partial charge in [-0.1, -0.05) is 28.9 Å². The third kappa shape index (κ3) is 3.82. The summed E-state index contributed by atoms with van der Waals surface area (Å²) in [5.41, 5.74) is 3.56. The first-order valence-corrected chi connectivity index (χ1v) is 9.31. The van der Waals surface area contributed by atoms with Crippen LogP contribution in [-0.2, 0) is 6.54 Å². The molecular weight excluding hydrogens is 392 g/mol. The van der Waals surface area contributed by atoms with Crippen LogP contribution in [0.5, 0.6) is 11.5 Å². The second kappa shape index (κ2) is 7.97. The maximum Gasteiger partial charge on any atom is 0.228 e. The van der Waals surface area contributed by atoms with E-state index in [2.05, 4.69) is 20.4 Å². The lowest BCUT2D eigenvalue weighted by atomic mass is 10.1. The molecular formula is C21H19ClN4O3. The zero-order chi connectivity index (χ0) is 20.4. The van der Waals surface area contributed by atoms with E-state index in [9.17, 15) is 0 Å². The number of halogens is 1. The lowest BCUT2D eigenvalue weighted by molar-refractivity contribution is 0.399. The smallest absolute Gasteiger partial charge is 0.228 e. The minimum Gasteiger partial charge on any atom is -0.497 e. The lowest BCUT2D eigenvalue weighted by Gasteiger charge is -2.12. The van der Waals surface area contributed by atoms with Crippen molar-refractivity contribution in [3.63, 3.8) is 0 Å². The van der Waals surface area contributed by atoms with Crippen LogP contribution in [0.3, 0.4) is 0 Å². The number of aromatic nitrogens is 3. The van der Waals surface area contributed by atoms with Gasteiger partial charge in [-0.2, -0.15) is 0 Å². The molecule has 148 valence electrons. The van der Waals surface area contributed by atoms with E-state index in [1.165, 1.54) is 0 Å². The van der Waals surface area contributed by atoms with Gasteiger partial charge in [0.1, 0.15) is 28.5 Å². The van der Waals surface area contributed by atoms with Gasteiger partial charge in [-0.05, 0) is 37.3 Å². The van der Waals surface area contributed by atoms with Crippen molar-refractivity contribution in [1.82, 2.24) is 15.1 Å². The Balaban J connectivity index is 1.69. The molecule has 0 aliphatic heterocycles. The van der Waals surface area contributed by atoms with Crippen molar-refractivity contribution < 1.29 is 14.0 Å². The highest BCUT2D eigenvalue weighted by Gasteiger charge is 2.18. The van der Waals surface area contributed by atoms with Gasteiger partial charge in [0.25, 0.3) is 0 Å². The Hall–Kier alpha value is -3.32. The molecule has 4 rings (SSSR count). The number of aryl methyl sites for hydroxylation is 1. The summed E-state index contributed by atoms with van der Waals surface area (Å²) >= 11 is 5.99. The van der Waals surface area contributed by atoms with Crippen LogP contribution in [0, 0.1) is 6.92 Å². The Bertz CT molecular complexity index is 1160. The van der Waals surface area contributed by atoms with Gasteiger partial charge in [-0.15, -0.1) is 0 Å². The Labute approximate surface area is 172 Å². The molecule has 0 saturated heterocycles. The molecule has 1 N–H and O–H groups in total. The number of benzene rings is 2. The molecule has 29 heavy (non-hydrogen) atoms. The first-order valence-electron chi connectivity index (χ1n) is 8.93. The van der Waals surface area contributed by atoms with Crippen LogP contribution in [0.4, 0.5) is 5.82 Å². The topological polar surface area (TPSA) is 82.3 Å². The van der Waals surface area contributed by atoms with Gasteiger partial charge in [0.05, 0.1) is 14.2 Å². The number of hydrogen-bond acceptors (Lipinski definition) is 7. The molecule has 2 aromatic carbocycles. The predicted octanol–water partition coefficient (Wildman–Crippen LogP) is 4.88. The first-order chi connectivity index (χ1) is 14.1. The quantitative estimate of drug-likeness (QED) is 0.485. The van der Waals surface area contributed by atoms with Gasteiger partial charge in [-0.3, -0.25) is 0 Å². The molecule has 2 aromatic heterocycles. The van der Waals surface area contributed by atoms with E-state index in [-0.39, 0.29) is 0 Å². The number of ether oxygens (including phenoxy) is 2. The van der Waals surface area contributed by atoms with Crippen LogP contribution >= 0.6 is 11.6 Å². The summed E-state index contributed by atoms with van der Waals surface area (Å²) in [5, 5.41) is 8.17. The average molecular weight is 411 g/mol. The predicted molar refractivity (Wildman–Crippen MR) is 112 cm³/mol. The molecule has 0 fully saturated rings. The van der Waals surface area contributed by atoms with Crippen molar-refractivity contribution in [2.75, 3.05) is 19.5 Å². The molecule has 7 nitrogen and oxygen atoms in total. The second-order valence-corrected chi connectivity index (χ2v) is 6.80. The number of anilines is 1. The number of fused-ring (bicyclic) bond motifs is 1. The van der Waals surface area contributed by atoms with Crippen molar-refractivity contribution in [3.05, 3.63) is 58.9 Å². The molecule has 0 amide bonds. The third-order valence-electron chi connectivity index (χ3n) is 4.48. The monoisotopic (exact) mass is 410 g/mol. The Morgan fingerprint density at radius 3 is 2.55 bits per heavy atom. The Kier molecular flexibility index (Phi) is 5.22. The molecule has 0 bridgehead atoms. The molecule has 0 spiro atoms. The normalized spacial score (nSPS) is 10.9. The zero-order valence-corrected chi connectivity index (χ0v) is 16.9. The molecule has 0 saturated carbocycles. The van der Waals surface area contributed by atoms with Crippen LogP contribution in [-0.4, -0.2) is 29.3 Å². The van der Waals surface area contributed by atoms with Crippen LogP contribution in [0.2, 0.25) is 5.02 Å². The maximum atomic E-state index is 5.99. The van der Waals surface area contributed by atoms with Gasteiger partial charge < -0.3 is 19.3 Å². The summed E-state index contributed by atoms with van der Waals surface area (Å²) in [5.74, 6) is 2.66. The van der Waals surface area contributed by atoms with E-state index in [1.54, 1.807) is 26.4 Å². The fourth-order valence-electron chi connectivity index (χ4n) is 3.06. The molecule has 0 aliphatic rings. The zero-order valence-electron chi connectivity index (χ0n) is 16.2. The highest BCUT2D eigenvalue weighted by atomic mass is 35.5. The summed E-state index contributed by atoms with van der Waals surface area (Å²) < 4.78 is 16.3. The van der Waals surface area contributed by atoms with Crippen molar-refractivity contribution in [2.24, 2.45) is 0 Å². The van der Waals surface area contributed by atoms with E-state index in [0.29, 0.717) is 40.0 Å². The number of hydrogen-bond donors (Lipinski definition) is 1. The van der Waals surface area contributed by atoms with E-state index >= 15 is 0 Å². The SMILES string of the molecule is COc1ccc(OC)c(CNc2nc(C)nc3c(-c4ccc(Cl)cc4)noc23)c1. The van der Waals surface area contributed by atoms with Gasteiger partial charge >= 0.3 is 0 Å². The highest BCUT2D eigenvalue weighted by molar-refractivity contribution is 6.30. The van der Waals surface area contributed by atoms with Gasteiger partial charge in [0.15, 0.2) is 5.82 Å². The standard InChI is InChI=1S/C21H19ClN4O3/c1-12-24-19-18(13-4-6-15(22)7-5-13)26-29-20(19)21(25-12)23-11-14-10-16(27-2)8-9-17(14)28-3/h4-10H,11H2,1-3H3,(H,23,24,25). The van der Waals surface area contributed by atoms with Crippen LogP contribution < -0.4 is 14.8 Å². The fourth-order valence-corrected chi connectivity index (χ4v) is 3.19. The van der Waals surface area contributed by atoms with E-state index in [1.807, 2.05) is 37.3 Å². The third-order valence-corrected chi connectivity index (χ3v) is 4.73. The molecule has 0 radical (unpaired) electrons. The molecule has 0 unspecified atom stereocenters. The van der Waals surface area contributed by atoms with Gasteiger partial charge in [0.2, 0.25) is 5.58 Å². The number of nitrogens with one attached hydrogen (secondary N) is 1. The van der Waals surface area contributed by atoms with E-state index in [4.69, 9.17) is 25.6 Å². The van der Waals surface area contributed by atoms with Crippen molar-refractivity contribution in [3.8, 4) is 22.8 Å². The minimum atomic E-state index is 0.461. The molecule has 0 aliphatic carbocycles. The largest absolute Gasteiger partial charge is 0.497 e. The van der Waals surface area contributed by atoms with Crippen LogP contribution in [0.25, 0.3) is 22.4 Å². The Morgan fingerprint density at radius 2 is 1.83 bits per heavy atom. The van der Waals surface area contributed by atoms with Crippen molar-refractivity contribution >= 4 is 28.5 Å². The summed E-state index contributed by atoms with van der Waals surface area (Å²) in [4.78, 5) is 9.01. The number of methoxy groups -OCH3 is 2. The number of nitrogens with zero attached hydrogens (tertiary/aromatic N) is 3. The lowest BCUT2D eigenvalue weighted by Crippen LogP contribution is -2.05. The summed E-state index contributed by atoms with van der Waals surface area (Å²) in [6.07, 6.45) is 0. The van der Waals surface area contributed by atoms with Crippen LogP contribution in [0.15, 0.2) is 47.0 Å². The summed E-state index contributed by atoms with van der Waals surface area (Å²) in [6.45, 7) is 2.29. The summed E-state index contributed by atoms with van der Waals surface area (Å²) in [7, 11) is 3.26. The average Bonchev–Trinajstić information content (AvgIpc) is 3.16. The van der Waals surface area contributed by atoms with Gasteiger partial charge in [-0.25, -0.2) is 9.97 Å². The first kappa shape index (κ1) is 19.0. The molecule has 4 aromatic rings.